The molecule has 8 nitrogen and oxygen atoms in total. The number of nitrogens with one attached hydrogen (secondary N) is 2. The summed E-state index contributed by atoms with van der Waals surface area (Å²) in [6.45, 7) is -0.525. The van der Waals surface area contributed by atoms with Crippen molar-refractivity contribution in [2.45, 2.75) is 24.0 Å². The number of amides is 2. The van der Waals surface area contributed by atoms with Gasteiger partial charge in [0.1, 0.15) is 23.4 Å². The molecule has 0 aliphatic rings. The van der Waals surface area contributed by atoms with Crippen LogP contribution in [0, 0.1) is 11.6 Å². The molecule has 13 heteroatoms. The Bertz CT molecular complexity index is 2020. The number of hydrogen-bond acceptors (Lipinski definition) is 5. The summed E-state index contributed by atoms with van der Waals surface area (Å²) in [5.41, 5.74) is 1.87. The van der Waals surface area contributed by atoms with Crippen molar-refractivity contribution >= 4 is 50.7 Å². The average molecular weight is 725 g/mol. The SMILES string of the molecule is O=C(NCc1ccc(Cl)cc1Cl)C(c1ccccc1)N(Cc1ccc(F)cc1)C(=O)COc1ccc(S(=O)(=O)Nc2ccc(F)cc2)cc1. The fourth-order valence-corrected chi connectivity index (χ4v) is 6.37. The molecule has 252 valence electrons. The van der Waals surface area contributed by atoms with Crippen LogP contribution in [-0.2, 0) is 32.7 Å². The Labute approximate surface area is 292 Å². The van der Waals surface area contributed by atoms with Crippen molar-refractivity contribution in [1.82, 2.24) is 10.2 Å². The zero-order valence-corrected chi connectivity index (χ0v) is 28.0. The molecule has 0 aliphatic heterocycles. The van der Waals surface area contributed by atoms with Crippen LogP contribution in [-0.4, -0.2) is 31.7 Å². The highest BCUT2D eigenvalue weighted by Gasteiger charge is 2.32. The molecule has 0 aliphatic carbocycles. The maximum absolute atomic E-state index is 13.9. The summed E-state index contributed by atoms with van der Waals surface area (Å²) in [5, 5.41) is 3.66. The number of halogens is 4. The predicted octanol–water partition coefficient (Wildman–Crippen LogP) is 7.54. The molecule has 0 radical (unpaired) electrons. The number of rotatable bonds is 13. The highest BCUT2D eigenvalue weighted by molar-refractivity contribution is 7.92. The van der Waals surface area contributed by atoms with Crippen LogP contribution in [0.5, 0.6) is 5.75 Å². The Morgan fingerprint density at radius 2 is 1.43 bits per heavy atom. The second-order valence-corrected chi connectivity index (χ2v) is 13.3. The summed E-state index contributed by atoms with van der Waals surface area (Å²) in [7, 11) is -4.00. The van der Waals surface area contributed by atoms with Crippen LogP contribution in [0.1, 0.15) is 22.7 Å². The Kier molecular flexibility index (Phi) is 11.5. The Morgan fingerprint density at radius 1 is 0.796 bits per heavy atom. The van der Waals surface area contributed by atoms with E-state index in [4.69, 9.17) is 27.9 Å². The number of ether oxygens (including phenoxy) is 1. The van der Waals surface area contributed by atoms with Gasteiger partial charge in [0, 0.05) is 28.8 Å². The molecular formula is C36H29Cl2F2N3O5S. The van der Waals surface area contributed by atoms with Gasteiger partial charge in [-0.3, -0.25) is 14.3 Å². The summed E-state index contributed by atoms with van der Waals surface area (Å²) in [4.78, 5) is 29.0. The van der Waals surface area contributed by atoms with E-state index in [2.05, 4.69) is 10.0 Å². The van der Waals surface area contributed by atoms with E-state index in [1.807, 2.05) is 0 Å². The standard InChI is InChI=1S/C36H29Cl2F2N3O5S/c37-27-9-8-26(33(38)20-27)21-41-36(45)35(25-4-2-1-3-5-25)43(22-24-6-10-28(39)11-7-24)34(44)23-48-31-16-18-32(19-17-31)49(46,47)42-30-14-12-29(40)13-15-30/h1-20,35,42H,21-23H2,(H,41,45). The lowest BCUT2D eigenvalue weighted by atomic mass is 10.0. The highest BCUT2D eigenvalue weighted by atomic mass is 35.5. The van der Waals surface area contributed by atoms with E-state index in [0.717, 1.165) is 12.1 Å². The van der Waals surface area contributed by atoms with E-state index >= 15 is 0 Å². The van der Waals surface area contributed by atoms with Gasteiger partial charge >= 0.3 is 0 Å². The lowest BCUT2D eigenvalue weighted by Crippen LogP contribution is -2.45. The number of sulfonamides is 1. The lowest BCUT2D eigenvalue weighted by molar-refractivity contribution is -0.143. The molecule has 1 atom stereocenters. The number of anilines is 1. The van der Waals surface area contributed by atoms with Gasteiger partial charge in [0.25, 0.3) is 15.9 Å². The van der Waals surface area contributed by atoms with Crippen LogP contribution in [0.4, 0.5) is 14.5 Å². The minimum atomic E-state index is -4.00. The highest BCUT2D eigenvalue weighted by Crippen LogP contribution is 2.27. The van der Waals surface area contributed by atoms with E-state index < -0.39 is 46.1 Å². The topological polar surface area (TPSA) is 105 Å². The van der Waals surface area contributed by atoms with E-state index in [1.54, 1.807) is 48.5 Å². The predicted molar refractivity (Wildman–Crippen MR) is 184 cm³/mol. The van der Waals surface area contributed by atoms with Crippen molar-refractivity contribution in [3.05, 3.63) is 160 Å². The van der Waals surface area contributed by atoms with E-state index in [-0.39, 0.29) is 29.4 Å². The van der Waals surface area contributed by atoms with E-state index in [9.17, 15) is 26.8 Å². The normalized spacial score (nSPS) is 11.8. The molecule has 1 unspecified atom stereocenters. The number of nitrogens with zero attached hydrogens (tertiary/aromatic N) is 1. The summed E-state index contributed by atoms with van der Waals surface area (Å²) < 4.78 is 60.7. The number of carbonyl (C=O) groups is 2. The van der Waals surface area contributed by atoms with Crippen molar-refractivity contribution in [2.75, 3.05) is 11.3 Å². The van der Waals surface area contributed by atoms with Crippen molar-refractivity contribution < 1.29 is 31.5 Å². The fourth-order valence-electron chi connectivity index (χ4n) is 4.84. The number of hydrogen-bond donors (Lipinski definition) is 2. The first kappa shape index (κ1) is 35.3. The van der Waals surface area contributed by atoms with E-state index in [1.165, 1.54) is 65.6 Å². The van der Waals surface area contributed by atoms with Crippen LogP contribution in [0.2, 0.25) is 10.0 Å². The molecule has 5 rings (SSSR count). The molecular weight excluding hydrogens is 695 g/mol. The second-order valence-electron chi connectivity index (χ2n) is 10.8. The van der Waals surface area contributed by atoms with Gasteiger partial charge in [-0.1, -0.05) is 71.7 Å². The molecule has 49 heavy (non-hydrogen) atoms. The largest absolute Gasteiger partial charge is 0.484 e. The molecule has 2 amide bonds. The number of carbonyl (C=O) groups excluding carboxylic acids is 2. The summed E-state index contributed by atoms with van der Waals surface area (Å²) in [6.07, 6.45) is 0. The quantitative estimate of drug-likeness (QED) is 0.131. The third-order valence-corrected chi connectivity index (χ3v) is 9.31. The minimum Gasteiger partial charge on any atom is -0.484 e. The maximum atomic E-state index is 13.9. The summed E-state index contributed by atoms with van der Waals surface area (Å²) in [6, 6.07) is 28.2. The fraction of sp³-hybridized carbons (Fsp3) is 0.111. The molecule has 2 N–H and O–H groups in total. The smallest absolute Gasteiger partial charge is 0.261 e. The van der Waals surface area contributed by atoms with Crippen LogP contribution in [0.15, 0.2) is 126 Å². The lowest BCUT2D eigenvalue weighted by Gasteiger charge is -2.31. The summed E-state index contributed by atoms with van der Waals surface area (Å²) >= 11 is 12.3. The van der Waals surface area contributed by atoms with Crippen LogP contribution >= 0.6 is 23.2 Å². The molecule has 0 spiro atoms. The molecule has 0 aromatic heterocycles. The minimum absolute atomic E-state index is 0.0541. The van der Waals surface area contributed by atoms with Crippen molar-refractivity contribution in [2.24, 2.45) is 0 Å². The Balaban J connectivity index is 1.36. The van der Waals surface area contributed by atoms with Crippen molar-refractivity contribution in [1.29, 1.82) is 0 Å². The molecule has 5 aromatic carbocycles. The van der Waals surface area contributed by atoms with Gasteiger partial charge < -0.3 is 15.0 Å². The molecule has 0 bridgehead atoms. The molecule has 0 fully saturated rings. The van der Waals surface area contributed by atoms with E-state index in [0.29, 0.717) is 26.7 Å². The molecule has 0 heterocycles. The Hall–Kier alpha value is -4.97. The van der Waals surface area contributed by atoms with Gasteiger partial charge in [-0.2, -0.15) is 0 Å². The maximum Gasteiger partial charge on any atom is 0.261 e. The van der Waals surface area contributed by atoms with Gasteiger partial charge in [0.15, 0.2) is 6.61 Å². The number of benzene rings is 5. The second kappa shape index (κ2) is 16.0. The average Bonchev–Trinajstić information content (AvgIpc) is 3.09. The monoisotopic (exact) mass is 723 g/mol. The molecule has 5 aromatic rings. The van der Waals surface area contributed by atoms with Gasteiger partial charge in [-0.15, -0.1) is 0 Å². The molecule has 0 saturated heterocycles. The van der Waals surface area contributed by atoms with Crippen LogP contribution in [0.3, 0.4) is 0 Å². The van der Waals surface area contributed by atoms with Gasteiger partial charge in [-0.25, -0.2) is 17.2 Å². The third kappa shape index (κ3) is 9.56. The van der Waals surface area contributed by atoms with Crippen LogP contribution in [0.25, 0.3) is 0 Å². The van der Waals surface area contributed by atoms with Gasteiger partial charge in [0.05, 0.1) is 4.90 Å². The van der Waals surface area contributed by atoms with Gasteiger partial charge in [-0.05, 0) is 89.5 Å². The van der Waals surface area contributed by atoms with Crippen LogP contribution < -0.4 is 14.8 Å². The van der Waals surface area contributed by atoms with Crippen molar-refractivity contribution in [3.8, 4) is 5.75 Å². The zero-order valence-electron chi connectivity index (χ0n) is 25.7. The zero-order chi connectivity index (χ0) is 35.0. The summed E-state index contributed by atoms with van der Waals surface area (Å²) in [5.74, 6) is -1.85. The van der Waals surface area contributed by atoms with Crippen molar-refractivity contribution in [3.63, 3.8) is 0 Å². The first-order valence-corrected chi connectivity index (χ1v) is 17.0. The van der Waals surface area contributed by atoms with Gasteiger partial charge in [0.2, 0.25) is 5.91 Å². The Morgan fingerprint density at radius 3 is 2.06 bits per heavy atom. The first-order chi connectivity index (χ1) is 23.5. The molecule has 0 saturated carbocycles. The first-order valence-electron chi connectivity index (χ1n) is 14.8. The third-order valence-electron chi connectivity index (χ3n) is 7.32.